The summed E-state index contributed by atoms with van der Waals surface area (Å²) in [6.45, 7) is 0.662. The van der Waals surface area contributed by atoms with Crippen molar-refractivity contribution in [1.29, 1.82) is 0 Å². The van der Waals surface area contributed by atoms with Gasteiger partial charge in [0.2, 0.25) is 18.4 Å². The summed E-state index contributed by atoms with van der Waals surface area (Å²) < 4.78 is 150. The summed E-state index contributed by atoms with van der Waals surface area (Å²) >= 11 is 3.09. The Balaban J connectivity index is 2.27. The van der Waals surface area contributed by atoms with E-state index in [0.29, 0.717) is 4.47 Å². The van der Waals surface area contributed by atoms with Crippen LogP contribution in [-0.4, -0.2) is 18.0 Å². The highest BCUT2D eigenvalue weighted by Crippen LogP contribution is 2.55. The molecule has 0 fully saturated rings. The molecule has 0 saturated carbocycles. The molecule has 0 aromatic heterocycles. The molecule has 0 unspecified atom stereocenters. The number of ether oxygens (including phenoxy) is 1. The van der Waals surface area contributed by atoms with E-state index in [9.17, 15) is 40.1 Å². The first-order valence-electron chi connectivity index (χ1n) is 10.1. The number of anilines is 2. The van der Waals surface area contributed by atoms with Crippen LogP contribution in [0.15, 0.2) is 33.8 Å². The third-order valence-corrected chi connectivity index (χ3v) is 8.73. The number of fused-ring (bicyclic) bond motifs is 1. The lowest BCUT2D eigenvalue weighted by Crippen LogP contribution is -2.42. The second-order valence-corrected chi connectivity index (χ2v) is 10.9. The molecule has 16 heteroatoms. The topological polar surface area (TPSA) is 59.0 Å². The molecule has 200 valence electrons. The molecular formula is C22H9BrF9N2O3P. The van der Waals surface area contributed by atoms with Crippen molar-refractivity contribution in [3.63, 3.8) is 0 Å². The molecule has 0 radical (unpaired) electrons. The van der Waals surface area contributed by atoms with Crippen molar-refractivity contribution in [3.8, 4) is 0 Å². The maximum atomic E-state index is 15.3. The maximum absolute atomic E-state index is 15.3. The molecule has 1 aliphatic rings. The maximum Gasteiger partial charge on any atom is 0.363 e. The molecule has 0 bridgehead atoms. The summed E-state index contributed by atoms with van der Waals surface area (Å²) in [5.41, 5.74) is -3.53. The largest absolute Gasteiger partial charge is 0.461 e. The van der Waals surface area contributed by atoms with Crippen molar-refractivity contribution in [2.75, 3.05) is 11.6 Å². The van der Waals surface area contributed by atoms with Crippen molar-refractivity contribution in [1.82, 2.24) is 0 Å². The highest BCUT2D eigenvalue weighted by atomic mass is 79.9. The number of nitrogens with zero attached hydrogens (tertiary/aromatic N) is 2. The van der Waals surface area contributed by atoms with E-state index in [4.69, 9.17) is 0 Å². The Morgan fingerprint density at radius 2 is 1.24 bits per heavy atom. The highest BCUT2D eigenvalue weighted by Gasteiger charge is 2.54. The van der Waals surface area contributed by atoms with Gasteiger partial charge in [0.05, 0.1) is 22.9 Å². The van der Waals surface area contributed by atoms with E-state index in [-0.39, 0.29) is 10.7 Å². The lowest BCUT2D eigenvalue weighted by molar-refractivity contribution is -0.134. The SMILES string of the molecule is CCOC(=O)C1=NN(c2ccc(Br)cc2)c2c(F)c(F)c(F)c(F)c2[P@]1(=O)c1c(F)c(F)c(F)c(F)c1F. The lowest BCUT2D eigenvalue weighted by atomic mass is 10.2. The van der Waals surface area contributed by atoms with E-state index < -0.39 is 93.8 Å². The molecule has 0 spiro atoms. The van der Waals surface area contributed by atoms with Crippen LogP contribution in [0.4, 0.5) is 50.9 Å². The van der Waals surface area contributed by atoms with E-state index in [1.54, 1.807) is 0 Å². The van der Waals surface area contributed by atoms with Gasteiger partial charge < -0.3 is 9.30 Å². The minimum Gasteiger partial charge on any atom is -0.461 e. The summed E-state index contributed by atoms with van der Waals surface area (Å²) in [6, 6.07) is 4.82. The number of rotatable bonds is 4. The first-order chi connectivity index (χ1) is 17.8. The van der Waals surface area contributed by atoms with Gasteiger partial charge >= 0.3 is 5.97 Å². The number of carbonyl (C=O) groups is 1. The van der Waals surface area contributed by atoms with Gasteiger partial charge in [-0.3, -0.25) is 0 Å². The van der Waals surface area contributed by atoms with Crippen LogP contribution < -0.4 is 15.6 Å². The van der Waals surface area contributed by atoms with E-state index in [1.165, 1.54) is 19.1 Å². The summed E-state index contributed by atoms with van der Waals surface area (Å²) in [5, 5.41) is -0.452. The van der Waals surface area contributed by atoms with Gasteiger partial charge in [0, 0.05) is 4.47 Å². The predicted octanol–water partition coefficient (Wildman–Crippen LogP) is 6.04. The number of hydrogen-bond acceptors (Lipinski definition) is 5. The molecule has 0 saturated heterocycles. The average Bonchev–Trinajstić information content (AvgIpc) is 2.88. The molecule has 4 rings (SSSR count). The van der Waals surface area contributed by atoms with Gasteiger partial charge in [-0.25, -0.2) is 49.3 Å². The molecule has 3 aromatic rings. The van der Waals surface area contributed by atoms with Crippen LogP contribution in [0.2, 0.25) is 0 Å². The van der Waals surface area contributed by atoms with Crippen molar-refractivity contribution < 1.29 is 53.6 Å². The average molecular weight is 631 g/mol. The minimum atomic E-state index is -6.17. The van der Waals surface area contributed by atoms with Gasteiger partial charge in [-0.15, -0.1) is 0 Å². The standard InChI is InChI=1S/C22H9BrF9N2O3P/c1-2-37-22(35)21-33-34(8-5-3-7(23)4-6-8)18-14(29)10(25)13(28)17(32)20(18)38(21,36)19-15(30)11(26)9(24)12(27)16(19)31/h3-6H,2H2,1H3/t38-/m1/s1. The summed E-state index contributed by atoms with van der Waals surface area (Å²) in [6.07, 6.45) is 0. The Morgan fingerprint density at radius 1 is 0.789 bits per heavy atom. The van der Waals surface area contributed by atoms with Crippen LogP contribution in [0.5, 0.6) is 0 Å². The zero-order valence-electron chi connectivity index (χ0n) is 18.4. The molecule has 38 heavy (non-hydrogen) atoms. The van der Waals surface area contributed by atoms with Gasteiger partial charge in [0.1, 0.15) is 5.69 Å². The van der Waals surface area contributed by atoms with Crippen molar-refractivity contribution in [3.05, 3.63) is 81.1 Å². The molecule has 1 heterocycles. The van der Waals surface area contributed by atoms with E-state index in [0.717, 1.165) is 12.1 Å². The Bertz CT molecular complexity index is 1570. The summed E-state index contributed by atoms with van der Waals surface area (Å²) in [7, 11) is -6.17. The summed E-state index contributed by atoms with van der Waals surface area (Å²) in [5.74, 6) is -25.5. The first-order valence-corrected chi connectivity index (χ1v) is 12.6. The number of halogens is 10. The molecular weight excluding hydrogens is 622 g/mol. The predicted molar refractivity (Wildman–Crippen MR) is 120 cm³/mol. The third kappa shape index (κ3) is 3.90. The molecule has 0 aliphatic carbocycles. The fourth-order valence-corrected chi connectivity index (χ4v) is 6.69. The smallest absolute Gasteiger partial charge is 0.363 e. The third-order valence-electron chi connectivity index (χ3n) is 5.27. The van der Waals surface area contributed by atoms with Crippen LogP contribution in [0.25, 0.3) is 0 Å². The van der Waals surface area contributed by atoms with Gasteiger partial charge in [-0.2, -0.15) is 5.10 Å². The fourth-order valence-electron chi connectivity index (χ4n) is 3.62. The lowest BCUT2D eigenvalue weighted by Gasteiger charge is -2.33. The van der Waals surface area contributed by atoms with E-state index in [1.807, 2.05) is 0 Å². The number of carbonyl (C=O) groups excluding carboxylic acids is 1. The van der Waals surface area contributed by atoms with Crippen LogP contribution in [0.3, 0.4) is 0 Å². The second-order valence-electron chi connectivity index (χ2n) is 7.41. The van der Waals surface area contributed by atoms with Crippen LogP contribution in [0, 0.1) is 52.4 Å². The second kappa shape index (κ2) is 9.77. The number of hydrogen-bond donors (Lipinski definition) is 0. The Hall–Kier alpha value is -3.32. The Morgan fingerprint density at radius 3 is 1.74 bits per heavy atom. The molecule has 1 aliphatic heterocycles. The normalized spacial score (nSPS) is 16.8. The van der Waals surface area contributed by atoms with Crippen LogP contribution >= 0.6 is 23.1 Å². The van der Waals surface area contributed by atoms with Gasteiger partial charge in [-0.1, -0.05) is 15.9 Å². The van der Waals surface area contributed by atoms with Gasteiger partial charge in [0.15, 0.2) is 46.5 Å². The summed E-state index contributed by atoms with van der Waals surface area (Å²) in [4.78, 5) is 12.8. The number of esters is 1. The quantitative estimate of drug-likeness (QED) is 0.116. The Labute approximate surface area is 215 Å². The van der Waals surface area contributed by atoms with Crippen molar-refractivity contribution >= 4 is 56.5 Å². The number of hydrazone groups is 1. The minimum absolute atomic E-state index is 0.247. The van der Waals surface area contributed by atoms with Gasteiger partial charge in [0.25, 0.3) is 0 Å². The number of benzene rings is 3. The van der Waals surface area contributed by atoms with Crippen molar-refractivity contribution in [2.45, 2.75) is 6.92 Å². The van der Waals surface area contributed by atoms with Crippen LogP contribution in [-0.2, 0) is 14.1 Å². The van der Waals surface area contributed by atoms with E-state index >= 15 is 8.78 Å². The molecule has 0 amide bonds. The zero-order valence-corrected chi connectivity index (χ0v) is 20.8. The molecule has 5 nitrogen and oxygen atoms in total. The Kier molecular flexibility index (Phi) is 7.12. The highest BCUT2D eigenvalue weighted by molar-refractivity contribution is 9.10. The monoisotopic (exact) mass is 630 g/mol. The van der Waals surface area contributed by atoms with E-state index in [2.05, 4.69) is 25.8 Å². The van der Waals surface area contributed by atoms with Gasteiger partial charge in [-0.05, 0) is 31.2 Å². The molecule has 3 aromatic carbocycles. The molecule has 1 atom stereocenters. The molecule has 0 N–H and O–H groups in total. The van der Waals surface area contributed by atoms with Crippen molar-refractivity contribution in [2.24, 2.45) is 5.10 Å². The van der Waals surface area contributed by atoms with Crippen LogP contribution in [0.1, 0.15) is 6.92 Å². The fraction of sp³-hybridized carbons (Fsp3) is 0.0909. The first kappa shape index (κ1) is 27.7. The zero-order chi connectivity index (χ0) is 28.3.